The van der Waals surface area contributed by atoms with Crippen molar-refractivity contribution in [1.82, 2.24) is 0 Å². The Morgan fingerprint density at radius 2 is 1.81 bits per heavy atom. The van der Waals surface area contributed by atoms with Gasteiger partial charge in [0, 0.05) is 24.8 Å². The highest BCUT2D eigenvalue weighted by molar-refractivity contribution is 5.56. The monoisotopic (exact) mass is 224 g/mol. The van der Waals surface area contributed by atoms with Crippen molar-refractivity contribution < 1.29 is 4.39 Å². The number of benzene rings is 1. The smallest absolute Gasteiger partial charge is 0.148 e. The highest BCUT2D eigenvalue weighted by Crippen LogP contribution is 2.23. The van der Waals surface area contributed by atoms with Gasteiger partial charge in [-0.2, -0.15) is 0 Å². The topological polar surface area (TPSA) is 15.3 Å². The Morgan fingerprint density at radius 3 is 2.25 bits per heavy atom. The predicted molar refractivity (Wildman–Crippen MR) is 68.7 cm³/mol. The highest BCUT2D eigenvalue weighted by Gasteiger charge is 2.10. The van der Waals surface area contributed by atoms with Crippen LogP contribution in [-0.2, 0) is 0 Å². The van der Waals surface area contributed by atoms with E-state index in [1.165, 1.54) is 0 Å². The van der Waals surface area contributed by atoms with E-state index in [0.717, 1.165) is 5.69 Å². The predicted octanol–water partition coefficient (Wildman–Crippen LogP) is 3.49. The zero-order valence-electron chi connectivity index (χ0n) is 10.7. The average Bonchev–Trinajstić information content (AvgIpc) is 2.15. The minimum Gasteiger partial charge on any atom is -0.383 e. The van der Waals surface area contributed by atoms with Crippen molar-refractivity contribution in [2.24, 2.45) is 0 Å². The van der Waals surface area contributed by atoms with Gasteiger partial charge < -0.3 is 10.2 Å². The van der Waals surface area contributed by atoms with Gasteiger partial charge in [-0.3, -0.25) is 0 Å². The van der Waals surface area contributed by atoms with Crippen LogP contribution >= 0.6 is 0 Å². The van der Waals surface area contributed by atoms with Gasteiger partial charge in [0.1, 0.15) is 5.82 Å². The number of nitrogens with one attached hydrogen (secondary N) is 1. The van der Waals surface area contributed by atoms with Crippen molar-refractivity contribution in [3.63, 3.8) is 0 Å². The van der Waals surface area contributed by atoms with E-state index in [9.17, 15) is 4.39 Å². The van der Waals surface area contributed by atoms with Crippen LogP contribution in [0, 0.1) is 5.82 Å². The summed E-state index contributed by atoms with van der Waals surface area (Å²) in [6.07, 6.45) is 0. The van der Waals surface area contributed by atoms with Gasteiger partial charge in [-0.15, -0.1) is 0 Å². The summed E-state index contributed by atoms with van der Waals surface area (Å²) < 4.78 is 13.8. The van der Waals surface area contributed by atoms with Gasteiger partial charge in [-0.25, -0.2) is 4.39 Å². The Kier molecular flexibility index (Phi) is 4.16. The fraction of sp³-hybridized carbons (Fsp3) is 0.538. The number of hydrogen-bond acceptors (Lipinski definition) is 2. The molecule has 0 amide bonds. The summed E-state index contributed by atoms with van der Waals surface area (Å²) >= 11 is 0. The molecule has 1 rings (SSSR count). The van der Waals surface area contributed by atoms with Crippen molar-refractivity contribution in [3.8, 4) is 0 Å². The fourth-order valence-electron chi connectivity index (χ4n) is 1.49. The molecule has 0 saturated carbocycles. The van der Waals surface area contributed by atoms with Gasteiger partial charge in [0.2, 0.25) is 0 Å². The Labute approximate surface area is 97.5 Å². The fourth-order valence-corrected chi connectivity index (χ4v) is 1.49. The van der Waals surface area contributed by atoms with Crippen LogP contribution in [0.4, 0.5) is 15.8 Å². The molecule has 1 aromatic carbocycles. The van der Waals surface area contributed by atoms with E-state index in [-0.39, 0.29) is 5.82 Å². The molecule has 0 aromatic heterocycles. The van der Waals surface area contributed by atoms with E-state index in [0.29, 0.717) is 17.8 Å². The van der Waals surface area contributed by atoms with Gasteiger partial charge in [0.15, 0.2) is 0 Å². The molecule has 3 heteroatoms. The molecule has 0 unspecified atom stereocenters. The lowest BCUT2D eigenvalue weighted by molar-refractivity contribution is 0.614. The standard InChI is InChI=1S/C13H21FN2/c1-9(2)15-11-6-7-13(12(14)8-11)16(5)10(3)4/h6-10,15H,1-5H3. The molecule has 0 atom stereocenters. The minimum atomic E-state index is -0.179. The molecule has 90 valence electrons. The minimum absolute atomic E-state index is 0.179. The largest absolute Gasteiger partial charge is 0.383 e. The van der Waals surface area contributed by atoms with Crippen molar-refractivity contribution in [2.75, 3.05) is 17.3 Å². The van der Waals surface area contributed by atoms with Crippen LogP contribution in [0.25, 0.3) is 0 Å². The van der Waals surface area contributed by atoms with E-state index in [1.54, 1.807) is 6.07 Å². The first-order valence-electron chi connectivity index (χ1n) is 5.70. The maximum Gasteiger partial charge on any atom is 0.148 e. The molecule has 0 saturated heterocycles. The summed E-state index contributed by atoms with van der Waals surface area (Å²) in [5.74, 6) is -0.179. The lowest BCUT2D eigenvalue weighted by atomic mass is 10.2. The molecule has 0 aliphatic heterocycles. The third kappa shape index (κ3) is 3.12. The average molecular weight is 224 g/mol. The zero-order valence-corrected chi connectivity index (χ0v) is 10.7. The molecule has 0 radical (unpaired) electrons. The van der Waals surface area contributed by atoms with Crippen LogP contribution < -0.4 is 10.2 Å². The second-order valence-corrected chi connectivity index (χ2v) is 4.67. The Morgan fingerprint density at radius 1 is 1.19 bits per heavy atom. The van der Waals surface area contributed by atoms with Crippen molar-refractivity contribution in [3.05, 3.63) is 24.0 Å². The molecule has 0 heterocycles. The van der Waals surface area contributed by atoms with Crippen molar-refractivity contribution >= 4 is 11.4 Å². The van der Waals surface area contributed by atoms with Gasteiger partial charge in [0.25, 0.3) is 0 Å². The molecular weight excluding hydrogens is 203 g/mol. The van der Waals surface area contributed by atoms with Gasteiger partial charge in [0.05, 0.1) is 5.69 Å². The first-order valence-corrected chi connectivity index (χ1v) is 5.70. The van der Waals surface area contributed by atoms with E-state index < -0.39 is 0 Å². The summed E-state index contributed by atoms with van der Waals surface area (Å²) in [5, 5.41) is 3.18. The van der Waals surface area contributed by atoms with Crippen LogP contribution in [0.3, 0.4) is 0 Å². The molecule has 0 fully saturated rings. The maximum absolute atomic E-state index is 13.8. The van der Waals surface area contributed by atoms with E-state index in [2.05, 4.69) is 5.32 Å². The Hall–Kier alpha value is -1.25. The Balaban J connectivity index is 2.91. The highest BCUT2D eigenvalue weighted by atomic mass is 19.1. The Bertz CT molecular complexity index is 348. The van der Waals surface area contributed by atoms with Gasteiger partial charge >= 0.3 is 0 Å². The van der Waals surface area contributed by atoms with Crippen LogP contribution in [0.1, 0.15) is 27.7 Å². The molecule has 1 N–H and O–H groups in total. The lowest BCUT2D eigenvalue weighted by Crippen LogP contribution is -2.26. The van der Waals surface area contributed by atoms with Crippen LogP contribution in [-0.4, -0.2) is 19.1 Å². The summed E-state index contributed by atoms with van der Waals surface area (Å²) in [5.41, 5.74) is 1.47. The number of halogens is 1. The first kappa shape index (κ1) is 12.8. The second kappa shape index (κ2) is 5.19. The van der Waals surface area contributed by atoms with E-state index >= 15 is 0 Å². The molecule has 2 nitrogen and oxygen atoms in total. The van der Waals surface area contributed by atoms with Crippen LogP contribution in [0.5, 0.6) is 0 Å². The molecular formula is C13H21FN2. The van der Waals surface area contributed by atoms with Crippen LogP contribution in [0.15, 0.2) is 18.2 Å². The first-order chi connectivity index (χ1) is 7.41. The SMILES string of the molecule is CC(C)Nc1ccc(N(C)C(C)C)c(F)c1. The quantitative estimate of drug-likeness (QED) is 0.842. The lowest BCUT2D eigenvalue weighted by Gasteiger charge is -2.24. The third-order valence-electron chi connectivity index (χ3n) is 2.56. The molecule has 1 aromatic rings. The van der Waals surface area contributed by atoms with Gasteiger partial charge in [-0.1, -0.05) is 0 Å². The normalized spacial score (nSPS) is 11.0. The molecule has 0 bridgehead atoms. The number of anilines is 2. The molecule has 0 aliphatic carbocycles. The zero-order chi connectivity index (χ0) is 12.3. The maximum atomic E-state index is 13.8. The van der Waals surface area contributed by atoms with E-state index in [1.807, 2.05) is 51.8 Å². The molecule has 0 spiro atoms. The van der Waals surface area contributed by atoms with Crippen molar-refractivity contribution in [1.29, 1.82) is 0 Å². The number of nitrogens with zero attached hydrogens (tertiary/aromatic N) is 1. The summed E-state index contributed by atoms with van der Waals surface area (Å²) in [4.78, 5) is 1.93. The third-order valence-corrected chi connectivity index (χ3v) is 2.56. The summed E-state index contributed by atoms with van der Waals surface area (Å²) in [6.45, 7) is 8.15. The summed E-state index contributed by atoms with van der Waals surface area (Å²) in [7, 11) is 1.90. The van der Waals surface area contributed by atoms with Crippen molar-refractivity contribution in [2.45, 2.75) is 39.8 Å². The van der Waals surface area contributed by atoms with E-state index in [4.69, 9.17) is 0 Å². The molecule has 0 aliphatic rings. The second-order valence-electron chi connectivity index (χ2n) is 4.67. The van der Waals surface area contributed by atoms with Gasteiger partial charge in [-0.05, 0) is 45.9 Å². The molecule has 16 heavy (non-hydrogen) atoms. The van der Waals surface area contributed by atoms with Crippen LogP contribution in [0.2, 0.25) is 0 Å². The number of hydrogen-bond donors (Lipinski definition) is 1. The summed E-state index contributed by atoms with van der Waals surface area (Å²) in [6, 6.07) is 5.89. The number of rotatable bonds is 4.